The van der Waals surface area contributed by atoms with E-state index in [0.717, 1.165) is 17.7 Å². The fourth-order valence-electron chi connectivity index (χ4n) is 3.31. The van der Waals surface area contributed by atoms with Gasteiger partial charge in [-0.2, -0.15) is 0 Å². The van der Waals surface area contributed by atoms with Crippen LogP contribution in [0.15, 0.2) is 60.9 Å². The number of carbonyl (C=O) groups excluding carboxylic acids is 2. The van der Waals surface area contributed by atoms with Gasteiger partial charge >= 0.3 is 5.97 Å². The molecule has 0 atom stereocenters. The third-order valence-electron chi connectivity index (χ3n) is 4.69. The minimum Gasteiger partial charge on any atom is -0.462 e. The van der Waals surface area contributed by atoms with Gasteiger partial charge in [-0.05, 0) is 37.1 Å². The maximum absolute atomic E-state index is 12.8. The van der Waals surface area contributed by atoms with Crippen molar-refractivity contribution in [2.24, 2.45) is 0 Å². The normalized spacial score (nSPS) is 12.4. The van der Waals surface area contributed by atoms with Gasteiger partial charge in [-0.25, -0.2) is 14.8 Å². The van der Waals surface area contributed by atoms with Crippen LogP contribution in [0.4, 0.5) is 17.2 Å². The first-order chi connectivity index (χ1) is 14.2. The van der Waals surface area contributed by atoms with E-state index in [1.165, 1.54) is 12.4 Å². The summed E-state index contributed by atoms with van der Waals surface area (Å²) in [6.45, 7) is 2.68. The molecule has 0 bridgehead atoms. The lowest BCUT2D eigenvalue weighted by atomic mass is 10.2. The number of rotatable bonds is 5. The minimum absolute atomic E-state index is 0.180. The Kier molecular flexibility index (Phi) is 5.20. The Bertz CT molecular complexity index is 1050. The molecule has 146 valence electrons. The third kappa shape index (κ3) is 3.80. The smallest absolute Gasteiger partial charge is 0.340 e. The van der Waals surface area contributed by atoms with Crippen LogP contribution in [0.1, 0.15) is 33.3 Å². The highest BCUT2D eigenvalue weighted by Gasteiger charge is 2.26. The summed E-state index contributed by atoms with van der Waals surface area (Å²) in [7, 11) is 0. The maximum atomic E-state index is 12.8. The number of anilines is 3. The number of ether oxygens (including phenoxy) is 1. The number of amides is 1. The Hall–Kier alpha value is -3.74. The van der Waals surface area contributed by atoms with Gasteiger partial charge in [0.25, 0.3) is 5.91 Å². The molecular formula is C22H20N4O3. The second-order valence-electron chi connectivity index (χ2n) is 6.51. The zero-order chi connectivity index (χ0) is 20.2. The summed E-state index contributed by atoms with van der Waals surface area (Å²) in [6.07, 6.45) is 3.76. The molecular weight excluding hydrogens is 368 g/mol. The summed E-state index contributed by atoms with van der Waals surface area (Å²) in [6, 6.07) is 14.9. The molecule has 2 aromatic carbocycles. The van der Waals surface area contributed by atoms with E-state index >= 15 is 0 Å². The number of fused-ring (bicyclic) bond motifs is 1. The molecule has 1 aromatic heterocycles. The maximum Gasteiger partial charge on any atom is 0.340 e. The number of hydrogen-bond donors (Lipinski definition) is 1. The largest absolute Gasteiger partial charge is 0.462 e. The number of nitrogens with zero attached hydrogens (tertiary/aromatic N) is 3. The molecule has 4 rings (SSSR count). The van der Waals surface area contributed by atoms with Crippen molar-refractivity contribution >= 4 is 29.1 Å². The number of hydrogen-bond acceptors (Lipinski definition) is 6. The molecule has 3 aromatic rings. The summed E-state index contributed by atoms with van der Waals surface area (Å²) < 4.78 is 5.08. The molecule has 1 amide bonds. The molecule has 2 heterocycles. The van der Waals surface area contributed by atoms with Crippen LogP contribution in [0.25, 0.3) is 0 Å². The molecule has 0 unspecified atom stereocenters. The number of nitrogens with one attached hydrogen (secondary N) is 1. The molecule has 7 nitrogen and oxygen atoms in total. The number of carbonyl (C=O) groups is 2. The second kappa shape index (κ2) is 8.10. The summed E-state index contributed by atoms with van der Waals surface area (Å²) in [5.41, 5.74) is 3.32. The van der Waals surface area contributed by atoms with Crippen LogP contribution in [0, 0.1) is 0 Å². The molecule has 0 saturated heterocycles. The average molecular weight is 388 g/mol. The third-order valence-corrected chi connectivity index (χ3v) is 4.69. The van der Waals surface area contributed by atoms with Crippen LogP contribution in [-0.4, -0.2) is 35.0 Å². The first kappa shape index (κ1) is 18.6. The topological polar surface area (TPSA) is 84.4 Å². The lowest BCUT2D eigenvalue weighted by Crippen LogP contribution is -2.29. The monoisotopic (exact) mass is 388 g/mol. The van der Waals surface area contributed by atoms with E-state index in [1.807, 2.05) is 24.3 Å². The summed E-state index contributed by atoms with van der Waals surface area (Å²) >= 11 is 0. The van der Waals surface area contributed by atoms with Crippen LogP contribution < -0.4 is 10.2 Å². The van der Waals surface area contributed by atoms with Crippen LogP contribution in [0.2, 0.25) is 0 Å². The quantitative estimate of drug-likeness (QED) is 0.673. The van der Waals surface area contributed by atoms with Crippen LogP contribution in [-0.2, 0) is 11.2 Å². The number of benzene rings is 2. The van der Waals surface area contributed by atoms with Gasteiger partial charge in [-0.1, -0.05) is 30.3 Å². The van der Waals surface area contributed by atoms with Crippen molar-refractivity contribution < 1.29 is 14.3 Å². The predicted molar refractivity (Wildman–Crippen MR) is 110 cm³/mol. The van der Waals surface area contributed by atoms with E-state index in [0.29, 0.717) is 30.2 Å². The van der Waals surface area contributed by atoms with Gasteiger partial charge < -0.3 is 15.0 Å². The van der Waals surface area contributed by atoms with Crippen LogP contribution >= 0.6 is 0 Å². The minimum atomic E-state index is -0.414. The fraction of sp³-hybridized carbons (Fsp3) is 0.182. The summed E-state index contributed by atoms with van der Waals surface area (Å²) in [5.74, 6) is -0.163. The van der Waals surface area contributed by atoms with Gasteiger partial charge in [0.05, 0.1) is 30.3 Å². The molecule has 0 saturated carbocycles. The van der Waals surface area contributed by atoms with E-state index in [9.17, 15) is 9.59 Å². The summed E-state index contributed by atoms with van der Waals surface area (Å²) in [4.78, 5) is 35.2. The highest BCUT2D eigenvalue weighted by atomic mass is 16.5. The molecule has 0 radical (unpaired) electrons. The molecule has 1 N–H and O–H groups in total. The van der Waals surface area contributed by atoms with Gasteiger partial charge in [0.1, 0.15) is 11.5 Å². The van der Waals surface area contributed by atoms with Gasteiger partial charge in [-0.3, -0.25) is 4.79 Å². The zero-order valence-electron chi connectivity index (χ0n) is 16.0. The molecule has 1 aliphatic heterocycles. The predicted octanol–water partition coefficient (Wildman–Crippen LogP) is 3.60. The molecule has 1 aliphatic rings. The summed E-state index contributed by atoms with van der Waals surface area (Å²) in [5, 5.41) is 3.06. The van der Waals surface area contributed by atoms with Crippen molar-refractivity contribution in [3.05, 3.63) is 77.7 Å². The zero-order valence-corrected chi connectivity index (χ0v) is 16.0. The Morgan fingerprint density at radius 1 is 1.07 bits per heavy atom. The van der Waals surface area contributed by atoms with Crippen molar-refractivity contribution in [2.75, 3.05) is 23.4 Å². The van der Waals surface area contributed by atoms with Gasteiger partial charge in [0.2, 0.25) is 0 Å². The SMILES string of the molecule is CCOC(=O)c1ccccc1Nc1cnc(C(=O)N2CCc3ccccc32)cn1. The van der Waals surface area contributed by atoms with Crippen molar-refractivity contribution in [1.29, 1.82) is 0 Å². The first-order valence-corrected chi connectivity index (χ1v) is 9.42. The standard InChI is InChI=1S/C22H20N4O3/c1-2-29-22(28)16-8-4-5-9-17(16)25-20-14-23-18(13-24-20)21(27)26-12-11-15-7-3-6-10-19(15)26/h3-10,13-14H,2,11-12H2,1H3,(H,24,25). The fourth-order valence-corrected chi connectivity index (χ4v) is 3.31. The van der Waals surface area contributed by atoms with Gasteiger partial charge in [-0.15, -0.1) is 0 Å². The van der Waals surface area contributed by atoms with E-state index in [-0.39, 0.29) is 11.6 Å². The average Bonchev–Trinajstić information content (AvgIpc) is 3.18. The van der Waals surface area contributed by atoms with Crippen molar-refractivity contribution in [3.8, 4) is 0 Å². The van der Waals surface area contributed by atoms with Crippen LogP contribution in [0.3, 0.4) is 0 Å². The Morgan fingerprint density at radius 3 is 2.66 bits per heavy atom. The first-order valence-electron chi connectivity index (χ1n) is 9.42. The Labute approximate surface area is 168 Å². The van der Waals surface area contributed by atoms with E-state index < -0.39 is 5.97 Å². The van der Waals surface area contributed by atoms with Gasteiger partial charge in [0, 0.05) is 12.2 Å². The van der Waals surface area contributed by atoms with E-state index in [1.54, 1.807) is 36.1 Å². The Morgan fingerprint density at radius 2 is 1.86 bits per heavy atom. The van der Waals surface area contributed by atoms with Crippen LogP contribution in [0.5, 0.6) is 0 Å². The van der Waals surface area contributed by atoms with Crippen molar-refractivity contribution in [3.63, 3.8) is 0 Å². The lowest BCUT2D eigenvalue weighted by molar-refractivity contribution is 0.0527. The Balaban J connectivity index is 1.51. The van der Waals surface area contributed by atoms with E-state index in [4.69, 9.17) is 4.74 Å². The number of aromatic nitrogens is 2. The lowest BCUT2D eigenvalue weighted by Gasteiger charge is -2.16. The molecule has 0 spiro atoms. The number of esters is 1. The molecule has 0 aliphatic carbocycles. The second-order valence-corrected chi connectivity index (χ2v) is 6.51. The van der Waals surface area contributed by atoms with E-state index in [2.05, 4.69) is 15.3 Å². The highest BCUT2D eigenvalue weighted by Crippen LogP contribution is 2.28. The van der Waals surface area contributed by atoms with Crippen molar-refractivity contribution in [1.82, 2.24) is 9.97 Å². The van der Waals surface area contributed by atoms with Gasteiger partial charge in [0.15, 0.2) is 0 Å². The molecule has 7 heteroatoms. The molecule has 0 fully saturated rings. The number of para-hydroxylation sites is 2. The van der Waals surface area contributed by atoms with Crippen molar-refractivity contribution in [2.45, 2.75) is 13.3 Å². The molecule has 29 heavy (non-hydrogen) atoms. The highest BCUT2D eigenvalue weighted by molar-refractivity contribution is 6.06.